The molecule has 0 amide bonds. The predicted molar refractivity (Wildman–Crippen MR) is 186 cm³/mol. The van der Waals surface area contributed by atoms with Crippen LogP contribution in [0.15, 0.2) is 125 Å². The number of ether oxygens (including phenoxy) is 2. The number of benzene rings is 4. The van der Waals surface area contributed by atoms with Gasteiger partial charge in [-0.25, -0.2) is 14.2 Å². The summed E-state index contributed by atoms with van der Waals surface area (Å²) in [6.45, 7) is 4.68. The summed E-state index contributed by atoms with van der Waals surface area (Å²) < 4.78 is 29.9. The van der Waals surface area contributed by atoms with Gasteiger partial charge in [0.15, 0.2) is 4.80 Å². The van der Waals surface area contributed by atoms with E-state index in [0.717, 1.165) is 27.6 Å². The van der Waals surface area contributed by atoms with Crippen molar-refractivity contribution in [2.75, 3.05) is 13.2 Å². The maximum Gasteiger partial charge on any atom is 0.338 e. The summed E-state index contributed by atoms with van der Waals surface area (Å²) in [6.07, 6.45) is 3.80. The van der Waals surface area contributed by atoms with Gasteiger partial charge in [0.2, 0.25) is 0 Å². The molecule has 6 aromatic rings. The molecule has 4 aromatic carbocycles. The standard InChI is InChI=1S/C39H32FN3O4S/c1-3-46-29-20-18-26(19-21-29)36-34(38(45)47-4-2)35(25-12-6-5-7-13-25)41-39-43(36)37(44)33(48-39)22-28-24-42(32-17-11-9-15-30(28)32)23-27-14-8-10-16-31(27)40/h5-22,24,36H,3-4,23H2,1-2H3/b33-22-/t36-/m0/s1. The first-order valence-electron chi connectivity index (χ1n) is 15.8. The van der Waals surface area contributed by atoms with Gasteiger partial charge in [-0.2, -0.15) is 0 Å². The number of carbonyl (C=O) groups excluding carboxylic acids is 1. The minimum atomic E-state index is -0.796. The summed E-state index contributed by atoms with van der Waals surface area (Å²) in [6, 6.07) is 30.7. The zero-order valence-electron chi connectivity index (χ0n) is 26.4. The predicted octanol–water partition coefficient (Wildman–Crippen LogP) is 6.48. The zero-order valence-corrected chi connectivity index (χ0v) is 27.2. The molecule has 48 heavy (non-hydrogen) atoms. The van der Waals surface area contributed by atoms with Crippen molar-refractivity contribution in [2.45, 2.75) is 26.4 Å². The van der Waals surface area contributed by atoms with E-state index >= 15 is 0 Å². The lowest BCUT2D eigenvalue weighted by atomic mass is 9.93. The minimum Gasteiger partial charge on any atom is -0.494 e. The van der Waals surface area contributed by atoms with Gasteiger partial charge in [0.05, 0.1) is 41.6 Å². The van der Waals surface area contributed by atoms with E-state index in [-0.39, 0.29) is 23.6 Å². The smallest absolute Gasteiger partial charge is 0.338 e. The lowest BCUT2D eigenvalue weighted by Crippen LogP contribution is -2.40. The monoisotopic (exact) mass is 657 g/mol. The molecule has 0 saturated carbocycles. The molecule has 0 spiro atoms. The summed E-state index contributed by atoms with van der Waals surface area (Å²) >= 11 is 1.26. The van der Waals surface area contributed by atoms with E-state index in [4.69, 9.17) is 14.5 Å². The number of rotatable bonds is 9. The molecule has 240 valence electrons. The topological polar surface area (TPSA) is 74.8 Å². The minimum absolute atomic E-state index is 0.168. The SMILES string of the molecule is CCOC(=O)C1=C(c2ccccc2)N=c2s/c(=C\c3cn(Cc4ccccc4F)c4ccccc34)c(=O)n2[C@H]1c1ccc(OCC)cc1. The number of esters is 1. The second kappa shape index (κ2) is 13.3. The van der Waals surface area contributed by atoms with Crippen molar-refractivity contribution in [1.82, 2.24) is 9.13 Å². The van der Waals surface area contributed by atoms with Crippen molar-refractivity contribution in [1.29, 1.82) is 0 Å². The summed E-state index contributed by atoms with van der Waals surface area (Å²) in [5, 5.41) is 0.930. The van der Waals surface area contributed by atoms with Crippen LogP contribution in [-0.4, -0.2) is 28.3 Å². The van der Waals surface area contributed by atoms with E-state index in [9.17, 15) is 14.0 Å². The molecule has 0 aliphatic carbocycles. The average Bonchev–Trinajstić information content (AvgIpc) is 3.62. The Morgan fingerprint density at radius 1 is 0.917 bits per heavy atom. The highest BCUT2D eigenvalue weighted by atomic mass is 32.1. The Balaban J connectivity index is 1.44. The Morgan fingerprint density at radius 3 is 2.40 bits per heavy atom. The van der Waals surface area contributed by atoms with Crippen molar-refractivity contribution in [3.05, 3.63) is 163 Å². The number of hydrogen-bond acceptors (Lipinski definition) is 6. The molecule has 0 unspecified atom stereocenters. The van der Waals surface area contributed by atoms with Crippen molar-refractivity contribution >= 4 is 40.0 Å². The molecular weight excluding hydrogens is 626 g/mol. The molecule has 1 aliphatic rings. The van der Waals surface area contributed by atoms with Crippen LogP contribution in [0.5, 0.6) is 5.75 Å². The van der Waals surface area contributed by atoms with Gasteiger partial charge in [0.1, 0.15) is 11.6 Å². The van der Waals surface area contributed by atoms with Crippen molar-refractivity contribution in [3.63, 3.8) is 0 Å². The number of hydrogen-bond donors (Lipinski definition) is 0. The zero-order chi connectivity index (χ0) is 33.2. The molecular formula is C39H32FN3O4S. The third-order valence-electron chi connectivity index (χ3n) is 8.29. The van der Waals surface area contributed by atoms with Crippen LogP contribution in [0.1, 0.15) is 42.1 Å². The van der Waals surface area contributed by atoms with Crippen LogP contribution in [0.4, 0.5) is 4.39 Å². The lowest BCUT2D eigenvalue weighted by Gasteiger charge is -2.26. The quantitative estimate of drug-likeness (QED) is 0.167. The number of nitrogens with zero attached hydrogens (tertiary/aromatic N) is 3. The molecule has 1 aliphatic heterocycles. The van der Waals surface area contributed by atoms with E-state index < -0.39 is 12.0 Å². The Kier molecular flexibility index (Phi) is 8.61. The van der Waals surface area contributed by atoms with Gasteiger partial charge in [-0.1, -0.05) is 90.2 Å². The Morgan fingerprint density at radius 2 is 1.65 bits per heavy atom. The molecule has 9 heteroatoms. The molecule has 0 bridgehead atoms. The van der Waals surface area contributed by atoms with Gasteiger partial charge in [-0.3, -0.25) is 9.36 Å². The highest BCUT2D eigenvalue weighted by Crippen LogP contribution is 2.36. The lowest BCUT2D eigenvalue weighted by molar-refractivity contribution is -0.138. The largest absolute Gasteiger partial charge is 0.494 e. The molecule has 0 radical (unpaired) electrons. The summed E-state index contributed by atoms with van der Waals surface area (Å²) in [5.41, 5.74) is 4.23. The Bertz CT molecular complexity index is 2350. The van der Waals surface area contributed by atoms with E-state index in [1.165, 1.54) is 17.4 Å². The first kappa shape index (κ1) is 31.1. The Labute approximate surface area is 280 Å². The van der Waals surface area contributed by atoms with Gasteiger partial charge in [-0.15, -0.1) is 0 Å². The number of para-hydroxylation sites is 1. The van der Waals surface area contributed by atoms with Gasteiger partial charge in [-0.05, 0) is 49.8 Å². The van der Waals surface area contributed by atoms with Crippen LogP contribution in [0.25, 0.3) is 22.7 Å². The fourth-order valence-electron chi connectivity index (χ4n) is 6.14. The number of fused-ring (bicyclic) bond motifs is 2. The molecule has 0 saturated heterocycles. The third-order valence-corrected chi connectivity index (χ3v) is 9.27. The van der Waals surface area contributed by atoms with Crippen LogP contribution < -0.4 is 19.6 Å². The maximum absolute atomic E-state index is 14.6. The summed E-state index contributed by atoms with van der Waals surface area (Å²) in [4.78, 5) is 33.6. The third kappa shape index (κ3) is 5.77. The fraction of sp³-hybridized carbons (Fsp3) is 0.154. The van der Waals surface area contributed by atoms with Crippen molar-refractivity contribution in [2.24, 2.45) is 4.99 Å². The van der Waals surface area contributed by atoms with E-state index in [1.807, 2.05) is 109 Å². The fourth-order valence-corrected chi connectivity index (χ4v) is 7.13. The van der Waals surface area contributed by atoms with E-state index in [1.54, 1.807) is 23.6 Å². The molecule has 1 atom stereocenters. The van der Waals surface area contributed by atoms with E-state index in [2.05, 4.69) is 0 Å². The van der Waals surface area contributed by atoms with Gasteiger partial charge < -0.3 is 14.0 Å². The van der Waals surface area contributed by atoms with Crippen LogP contribution in [0, 0.1) is 5.82 Å². The van der Waals surface area contributed by atoms with Crippen LogP contribution in [0.3, 0.4) is 0 Å². The Hall–Kier alpha value is -5.54. The summed E-state index contributed by atoms with van der Waals surface area (Å²) in [7, 11) is 0. The number of thiazole rings is 1. The molecule has 0 fully saturated rings. The average molecular weight is 658 g/mol. The number of aromatic nitrogens is 2. The van der Waals surface area contributed by atoms with Gasteiger partial charge in [0, 0.05) is 33.8 Å². The number of halogens is 1. The maximum atomic E-state index is 14.6. The first-order chi connectivity index (χ1) is 23.5. The second-order valence-corrected chi connectivity index (χ2v) is 12.3. The summed E-state index contributed by atoms with van der Waals surface area (Å²) in [5.74, 6) is -0.124. The number of carbonyl (C=O) groups is 1. The van der Waals surface area contributed by atoms with Crippen LogP contribution in [-0.2, 0) is 16.1 Å². The first-order valence-corrected chi connectivity index (χ1v) is 16.6. The van der Waals surface area contributed by atoms with Crippen molar-refractivity contribution in [3.8, 4) is 5.75 Å². The van der Waals surface area contributed by atoms with Gasteiger partial charge >= 0.3 is 5.97 Å². The van der Waals surface area contributed by atoms with Gasteiger partial charge in [0.25, 0.3) is 5.56 Å². The molecule has 3 heterocycles. The van der Waals surface area contributed by atoms with Crippen LogP contribution >= 0.6 is 11.3 Å². The highest BCUT2D eigenvalue weighted by molar-refractivity contribution is 7.07. The molecule has 7 rings (SSSR count). The highest BCUT2D eigenvalue weighted by Gasteiger charge is 2.35. The molecule has 0 N–H and O–H groups in total. The second-order valence-electron chi connectivity index (χ2n) is 11.3. The normalized spacial score (nSPS) is 14.6. The van der Waals surface area contributed by atoms with Crippen molar-refractivity contribution < 1.29 is 18.7 Å². The molecule has 7 nitrogen and oxygen atoms in total. The van der Waals surface area contributed by atoms with Crippen LogP contribution in [0.2, 0.25) is 0 Å². The van der Waals surface area contributed by atoms with E-state index in [0.29, 0.717) is 39.5 Å². The molecule has 2 aromatic heterocycles.